The van der Waals surface area contributed by atoms with Crippen LogP contribution in [0.4, 0.5) is 14.5 Å². The Morgan fingerprint density at radius 2 is 1.90 bits per heavy atom. The predicted molar refractivity (Wildman–Crippen MR) is 117 cm³/mol. The lowest BCUT2D eigenvalue weighted by Crippen LogP contribution is -2.39. The molecule has 0 aromatic heterocycles. The molecule has 4 nitrogen and oxygen atoms in total. The molecule has 1 aliphatic heterocycles. The third-order valence-electron chi connectivity index (χ3n) is 5.74. The fourth-order valence-corrected chi connectivity index (χ4v) is 4.22. The van der Waals surface area contributed by atoms with Gasteiger partial charge in [-0.3, -0.25) is 4.79 Å². The lowest BCUT2D eigenvalue weighted by atomic mass is 9.94. The molecule has 0 aliphatic carbocycles. The van der Waals surface area contributed by atoms with Crippen LogP contribution in [0.5, 0.6) is 0 Å². The summed E-state index contributed by atoms with van der Waals surface area (Å²) in [5.41, 5.74) is 4.43. The van der Waals surface area contributed by atoms with Gasteiger partial charge in [0, 0.05) is 44.4 Å². The number of nitrogens with one attached hydrogen (secondary N) is 2. The van der Waals surface area contributed by atoms with E-state index in [4.69, 9.17) is 0 Å². The molecule has 0 saturated carbocycles. The number of amides is 1. The molecule has 1 heterocycles. The van der Waals surface area contributed by atoms with Crippen molar-refractivity contribution in [1.29, 1.82) is 0 Å². The standard InChI is InChI=1S/C24H31F2N3O/c1-4-17-5-6-24-22(14-17)23(8-10-29(24)3)27-9-7-21(28-16(2)30)13-18-11-19(25)15-20(26)12-18/h5-6,11-12,14-15,21,23,27H,4,7-10,13H2,1-3H3,(H,28,30)/t21-,23?/m1/s1. The van der Waals surface area contributed by atoms with Crippen molar-refractivity contribution in [3.05, 3.63) is 64.7 Å². The first kappa shape index (κ1) is 22.2. The van der Waals surface area contributed by atoms with Crippen molar-refractivity contribution in [2.45, 2.75) is 51.6 Å². The van der Waals surface area contributed by atoms with Gasteiger partial charge in [-0.15, -0.1) is 0 Å². The number of carbonyl (C=O) groups excluding carboxylic acids is 1. The summed E-state index contributed by atoms with van der Waals surface area (Å²) in [7, 11) is 2.12. The van der Waals surface area contributed by atoms with E-state index in [1.165, 1.54) is 35.9 Å². The molecule has 2 atom stereocenters. The second-order valence-electron chi connectivity index (χ2n) is 8.13. The van der Waals surface area contributed by atoms with Crippen LogP contribution >= 0.6 is 0 Å². The highest BCUT2D eigenvalue weighted by molar-refractivity contribution is 5.73. The predicted octanol–water partition coefficient (Wildman–Crippen LogP) is 4.14. The minimum Gasteiger partial charge on any atom is -0.374 e. The highest BCUT2D eigenvalue weighted by Gasteiger charge is 2.23. The second kappa shape index (κ2) is 10.0. The highest BCUT2D eigenvalue weighted by atomic mass is 19.1. The molecule has 2 aromatic rings. The Hall–Kier alpha value is -2.47. The highest BCUT2D eigenvalue weighted by Crippen LogP contribution is 2.33. The van der Waals surface area contributed by atoms with E-state index in [1.807, 2.05) is 0 Å². The average Bonchev–Trinajstić information content (AvgIpc) is 2.68. The van der Waals surface area contributed by atoms with E-state index in [1.54, 1.807) is 0 Å². The van der Waals surface area contributed by atoms with Crippen LogP contribution in [-0.4, -0.2) is 32.1 Å². The molecule has 1 aliphatic rings. The van der Waals surface area contributed by atoms with Gasteiger partial charge in [-0.05, 0) is 67.1 Å². The smallest absolute Gasteiger partial charge is 0.217 e. The lowest BCUT2D eigenvalue weighted by Gasteiger charge is -2.34. The van der Waals surface area contributed by atoms with Gasteiger partial charge >= 0.3 is 0 Å². The Balaban J connectivity index is 1.65. The van der Waals surface area contributed by atoms with Crippen LogP contribution in [0.15, 0.2) is 36.4 Å². The maximum atomic E-state index is 13.5. The van der Waals surface area contributed by atoms with Crippen molar-refractivity contribution in [2.75, 3.05) is 25.0 Å². The number of hydrogen-bond acceptors (Lipinski definition) is 3. The number of anilines is 1. The fourth-order valence-electron chi connectivity index (χ4n) is 4.22. The quantitative estimate of drug-likeness (QED) is 0.681. The van der Waals surface area contributed by atoms with E-state index in [0.717, 1.165) is 25.5 Å². The topological polar surface area (TPSA) is 44.4 Å². The molecule has 6 heteroatoms. The van der Waals surface area contributed by atoms with Gasteiger partial charge in [0.2, 0.25) is 5.91 Å². The average molecular weight is 416 g/mol. The van der Waals surface area contributed by atoms with Gasteiger partial charge < -0.3 is 15.5 Å². The zero-order valence-electron chi connectivity index (χ0n) is 18.0. The number of carbonyl (C=O) groups is 1. The summed E-state index contributed by atoms with van der Waals surface area (Å²) >= 11 is 0. The second-order valence-corrected chi connectivity index (χ2v) is 8.13. The van der Waals surface area contributed by atoms with Crippen LogP contribution in [-0.2, 0) is 17.6 Å². The van der Waals surface area contributed by atoms with E-state index in [9.17, 15) is 13.6 Å². The summed E-state index contributed by atoms with van der Waals surface area (Å²) in [6.07, 6.45) is 3.07. The first-order valence-corrected chi connectivity index (χ1v) is 10.6. The molecule has 2 aromatic carbocycles. The normalized spacial score (nSPS) is 16.8. The molecule has 0 radical (unpaired) electrons. The Kier molecular flexibility index (Phi) is 7.43. The molecule has 3 rings (SSSR count). The van der Waals surface area contributed by atoms with E-state index in [0.29, 0.717) is 24.9 Å². The number of aryl methyl sites for hydroxylation is 1. The summed E-state index contributed by atoms with van der Waals surface area (Å²) < 4.78 is 27.1. The van der Waals surface area contributed by atoms with Crippen molar-refractivity contribution in [3.63, 3.8) is 0 Å². The summed E-state index contributed by atoms with van der Waals surface area (Å²) in [5, 5.41) is 6.55. The van der Waals surface area contributed by atoms with E-state index in [2.05, 4.69) is 47.7 Å². The maximum Gasteiger partial charge on any atom is 0.217 e. The van der Waals surface area contributed by atoms with E-state index >= 15 is 0 Å². The third kappa shape index (κ3) is 5.79. The molecule has 30 heavy (non-hydrogen) atoms. The van der Waals surface area contributed by atoms with Gasteiger partial charge in [0.05, 0.1) is 0 Å². The molecule has 0 fully saturated rings. The number of halogens is 2. The van der Waals surface area contributed by atoms with Gasteiger partial charge in [-0.2, -0.15) is 0 Å². The molecule has 1 unspecified atom stereocenters. The zero-order valence-corrected chi connectivity index (χ0v) is 18.0. The molecule has 0 saturated heterocycles. The van der Waals surface area contributed by atoms with Gasteiger partial charge in [0.1, 0.15) is 11.6 Å². The molecular formula is C24H31F2N3O. The SMILES string of the molecule is CCc1ccc2c(c1)C(NCC[C@H](Cc1cc(F)cc(F)c1)NC(C)=O)CCN2C. The number of nitrogens with zero attached hydrogens (tertiary/aromatic N) is 1. The fraction of sp³-hybridized carbons (Fsp3) is 0.458. The van der Waals surface area contributed by atoms with Gasteiger partial charge in [-0.25, -0.2) is 8.78 Å². The first-order chi connectivity index (χ1) is 14.4. The molecular weight excluding hydrogens is 384 g/mol. The van der Waals surface area contributed by atoms with Crippen molar-refractivity contribution in [3.8, 4) is 0 Å². The largest absolute Gasteiger partial charge is 0.374 e. The minimum atomic E-state index is -0.598. The Morgan fingerprint density at radius 1 is 1.17 bits per heavy atom. The number of benzene rings is 2. The molecule has 0 spiro atoms. The Morgan fingerprint density at radius 3 is 2.57 bits per heavy atom. The summed E-state index contributed by atoms with van der Waals surface area (Å²) in [4.78, 5) is 13.9. The van der Waals surface area contributed by atoms with Crippen LogP contribution in [0.25, 0.3) is 0 Å². The van der Waals surface area contributed by atoms with Crippen LogP contribution in [0.2, 0.25) is 0 Å². The maximum absolute atomic E-state index is 13.5. The Bertz CT molecular complexity index is 866. The summed E-state index contributed by atoms with van der Waals surface area (Å²) in [6, 6.07) is 10.2. The lowest BCUT2D eigenvalue weighted by molar-refractivity contribution is -0.119. The minimum absolute atomic E-state index is 0.144. The Labute approximate surface area is 177 Å². The summed E-state index contributed by atoms with van der Waals surface area (Å²) in [6.45, 7) is 5.30. The van der Waals surface area contributed by atoms with Crippen LogP contribution in [0, 0.1) is 11.6 Å². The molecule has 2 N–H and O–H groups in total. The first-order valence-electron chi connectivity index (χ1n) is 10.6. The van der Waals surface area contributed by atoms with Crippen LogP contribution < -0.4 is 15.5 Å². The van der Waals surface area contributed by atoms with Gasteiger partial charge in [0.25, 0.3) is 0 Å². The number of fused-ring (bicyclic) bond motifs is 1. The molecule has 0 bridgehead atoms. The molecule has 1 amide bonds. The van der Waals surface area contributed by atoms with E-state index in [-0.39, 0.29) is 18.0 Å². The van der Waals surface area contributed by atoms with Gasteiger partial charge in [0.15, 0.2) is 0 Å². The van der Waals surface area contributed by atoms with Crippen molar-refractivity contribution < 1.29 is 13.6 Å². The van der Waals surface area contributed by atoms with Crippen molar-refractivity contribution in [1.82, 2.24) is 10.6 Å². The monoisotopic (exact) mass is 415 g/mol. The van der Waals surface area contributed by atoms with Crippen LogP contribution in [0.1, 0.15) is 49.4 Å². The van der Waals surface area contributed by atoms with Crippen molar-refractivity contribution in [2.24, 2.45) is 0 Å². The number of rotatable bonds is 8. The number of hydrogen-bond donors (Lipinski definition) is 2. The van der Waals surface area contributed by atoms with E-state index < -0.39 is 11.6 Å². The van der Waals surface area contributed by atoms with Crippen LogP contribution in [0.3, 0.4) is 0 Å². The molecule has 162 valence electrons. The summed E-state index contributed by atoms with van der Waals surface area (Å²) in [5.74, 6) is -1.34. The third-order valence-corrected chi connectivity index (χ3v) is 5.74. The van der Waals surface area contributed by atoms with Gasteiger partial charge in [-0.1, -0.05) is 19.1 Å². The van der Waals surface area contributed by atoms with Crippen molar-refractivity contribution >= 4 is 11.6 Å². The zero-order chi connectivity index (χ0) is 21.7.